The van der Waals surface area contributed by atoms with Gasteiger partial charge < -0.3 is 13.9 Å². The molecule has 1 unspecified atom stereocenters. The number of benzene rings is 2. The van der Waals surface area contributed by atoms with Gasteiger partial charge in [-0.1, -0.05) is 50.6 Å². The highest BCUT2D eigenvalue weighted by atomic mass is 35.5. The molecule has 1 atom stereocenters. The highest BCUT2D eigenvalue weighted by molar-refractivity contribution is 7.99. The average molecular weight is 510 g/mol. The highest BCUT2D eigenvalue weighted by Gasteiger charge is 2.25. The van der Waals surface area contributed by atoms with E-state index >= 15 is 0 Å². The maximum Gasteiger partial charge on any atom is 0.278 e. The second-order valence-electron chi connectivity index (χ2n) is 8.39. The van der Waals surface area contributed by atoms with Crippen molar-refractivity contribution in [1.82, 2.24) is 4.98 Å². The number of alkyl halides is 1. The van der Waals surface area contributed by atoms with Crippen LogP contribution in [0.5, 0.6) is 11.5 Å². The van der Waals surface area contributed by atoms with Crippen LogP contribution in [0.4, 0.5) is 0 Å². The molecule has 8 heteroatoms. The fraction of sp³-hybridized carbons (Fsp3) is 0.360. The van der Waals surface area contributed by atoms with Gasteiger partial charge in [0, 0.05) is 21.2 Å². The van der Waals surface area contributed by atoms with Crippen LogP contribution in [0, 0.1) is 0 Å². The number of hydrogen-bond acceptors (Lipinski definition) is 5. The van der Waals surface area contributed by atoms with E-state index in [2.05, 4.69) is 37.7 Å². The smallest absolute Gasteiger partial charge is 0.278 e. The Hall–Kier alpha value is -2.15. The van der Waals surface area contributed by atoms with Crippen molar-refractivity contribution >= 4 is 38.6 Å². The van der Waals surface area contributed by atoms with Gasteiger partial charge in [-0.2, -0.15) is 0 Å². The molecule has 33 heavy (non-hydrogen) atoms. The van der Waals surface area contributed by atoms with Gasteiger partial charge in [-0.3, -0.25) is 4.21 Å². The molecule has 0 spiro atoms. The van der Waals surface area contributed by atoms with E-state index in [0.29, 0.717) is 34.7 Å². The van der Waals surface area contributed by atoms with Gasteiger partial charge in [0.2, 0.25) is 0 Å². The number of nitrogens with zero attached hydrogens (tertiary/aromatic N) is 1. The Labute approximate surface area is 206 Å². The zero-order chi connectivity index (χ0) is 24.2. The van der Waals surface area contributed by atoms with E-state index in [1.807, 2.05) is 30.3 Å². The molecule has 0 aliphatic carbocycles. The molecule has 0 radical (unpaired) electrons. The van der Waals surface area contributed by atoms with Crippen molar-refractivity contribution in [2.24, 2.45) is 0 Å². The minimum Gasteiger partial charge on any atom is -0.490 e. The van der Waals surface area contributed by atoms with Gasteiger partial charge in [0.25, 0.3) is 5.22 Å². The summed E-state index contributed by atoms with van der Waals surface area (Å²) in [6, 6.07) is 12.0. The van der Waals surface area contributed by atoms with Crippen molar-refractivity contribution in [3.8, 4) is 11.5 Å². The first-order valence-electron chi connectivity index (χ1n) is 10.6. The van der Waals surface area contributed by atoms with Crippen molar-refractivity contribution in [3.05, 3.63) is 70.1 Å². The fourth-order valence-corrected chi connectivity index (χ4v) is 4.35. The molecule has 1 aromatic heterocycles. The van der Waals surface area contributed by atoms with Gasteiger partial charge in [0.05, 0.1) is 10.9 Å². The van der Waals surface area contributed by atoms with Crippen molar-refractivity contribution < 1.29 is 18.1 Å². The zero-order valence-corrected chi connectivity index (χ0v) is 21.6. The molecular weight excluding hydrogens is 481 g/mol. The van der Waals surface area contributed by atoms with Crippen molar-refractivity contribution in [2.45, 2.75) is 44.4 Å². The predicted molar refractivity (Wildman–Crippen MR) is 136 cm³/mol. The van der Waals surface area contributed by atoms with Crippen LogP contribution in [-0.4, -0.2) is 33.8 Å². The molecule has 0 saturated carbocycles. The predicted octanol–water partition coefficient (Wildman–Crippen LogP) is 6.12. The highest BCUT2D eigenvalue weighted by Crippen LogP contribution is 2.39. The molecule has 3 aromatic rings. The maximum absolute atomic E-state index is 11.9. The van der Waals surface area contributed by atoms with Crippen molar-refractivity contribution in [3.63, 3.8) is 0 Å². The van der Waals surface area contributed by atoms with Crippen LogP contribution in [0.1, 0.15) is 43.2 Å². The number of hydrogen-bond donors (Lipinski definition) is 0. The number of oxazole rings is 1. The zero-order valence-electron chi connectivity index (χ0n) is 19.3. The molecule has 0 fully saturated rings. The fourth-order valence-electron chi connectivity index (χ4n) is 3.42. The van der Waals surface area contributed by atoms with Gasteiger partial charge >= 0.3 is 0 Å². The van der Waals surface area contributed by atoms with Crippen LogP contribution in [0.3, 0.4) is 0 Å². The van der Waals surface area contributed by atoms with Crippen LogP contribution < -0.4 is 9.47 Å². The molecule has 0 amide bonds. The molecule has 2 aromatic carbocycles. The SMILES string of the molecule is C=S(C)(=O)c1nc(COc2ccc(C(C)(C)c3cc(Cl)c(OCCCl)c(CC)c3)cc2)co1. The summed E-state index contributed by atoms with van der Waals surface area (Å²) in [5.74, 6) is 5.39. The van der Waals surface area contributed by atoms with E-state index in [1.54, 1.807) is 0 Å². The van der Waals surface area contributed by atoms with Crippen LogP contribution in [0.25, 0.3) is 0 Å². The molecule has 5 nitrogen and oxygen atoms in total. The third kappa shape index (κ3) is 6.05. The summed E-state index contributed by atoms with van der Waals surface area (Å²) in [5.41, 5.74) is 3.55. The monoisotopic (exact) mass is 509 g/mol. The van der Waals surface area contributed by atoms with Gasteiger partial charge in [-0.05, 0) is 47.2 Å². The standard InChI is InChI=1S/C25H29Cl2NO4S/c1-6-17-13-19(14-22(27)23(17)30-12-11-26)25(2,3)18-7-9-21(10-8-18)31-15-20-16-32-24(28-20)33(4,5)29/h7-10,13-14,16H,4,6,11-12,15H2,1-3,5H3. The molecule has 3 rings (SSSR count). The summed E-state index contributed by atoms with van der Waals surface area (Å²) in [7, 11) is -2.49. The molecule has 0 saturated heterocycles. The summed E-state index contributed by atoms with van der Waals surface area (Å²) >= 11 is 12.3. The minimum atomic E-state index is -2.49. The van der Waals surface area contributed by atoms with Crippen LogP contribution in [0.2, 0.25) is 5.02 Å². The Balaban J connectivity index is 1.76. The molecule has 178 valence electrons. The van der Waals surface area contributed by atoms with Gasteiger partial charge in [0.1, 0.15) is 36.7 Å². The summed E-state index contributed by atoms with van der Waals surface area (Å²) in [4.78, 5) is 4.18. The lowest BCUT2D eigenvalue weighted by Crippen LogP contribution is -2.19. The first kappa shape index (κ1) is 25.5. The van der Waals surface area contributed by atoms with E-state index < -0.39 is 9.52 Å². The molecule has 0 aliphatic rings. The number of aryl methyl sites for hydroxylation is 1. The summed E-state index contributed by atoms with van der Waals surface area (Å²) in [5, 5.41) is 0.718. The molecule has 0 aliphatic heterocycles. The summed E-state index contributed by atoms with van der Waals surface area (Å²) < 4.78 is 28.7. The third-order valence-electron chi connectivity index (χ3n) is 5.41. The van der Waals surface area contributed by atoms with E-state index in [0.717, 1.165) is 23.1 Å². The Bertz CT molecular complexity index is 1200. The summed E-state index contributed by atoms with van der Waals surface area (Å²) in [6.07, 6.45) is 3.73. The van der Waals surface area contributed by atoms with Crippen molar-refractivity contribution in [2.75, 3.05) is 18.7 Å². The first-order valence-corrected chi connectivity index (χ1v) is 13.6. The normalized spacial score (nSPS) is 13.5. The maximum atomic E-state index is 11.9. The quantitative estimate of drug-likeness (QED) is 0.243. The van der Waals surface area contributed by atoms with E-state index in [1.165, 1.54) is 12.5 Å². The van der Waals surface area contributed by atoms with E-state index in [-0.39, 0.29) is 17.2 Å². The van der Waals surface area contributed by atoms with Gasteiger partial charge in [-0.25, -0.2) is 4.98 Å². The van der Waals surface area contributed by atoms with Gasteiger partial charge in [0.15, 0.2) is 0 Å². The largest absolute Gasteiger partial charge is 0.490 e. The Kier molecular flexibility index (Phi) is 8.04. The van der Waals surface area contributed by atoms with Gasteiger partial charge in [-0.15, -0.1) is 11.6 Å². The number of rotatable bonds is 10. The molecular formula is C25H29Cl2NO4S. The molecule has 0 N–H and O–H groups in total. The number of aromatic nitrogens is 1. The Morgan fingerprint density at radius 1 is 1.15 bits per heavy atom. The number of ether oxygens (including phenoxy) is 2. The topological polar surface area (TPSA) is 61.6 Å². The first-order chi connectivity index (χ1) is 15.6. The lowest BCUT2D eigenvalue weighted by atomic mass is 9.77. The van der Waals surface area contributed by atoms with Crippen LogP contribution >= 0.6 is 23.2 Å². The Morgan fingerprint density at radius 2 is 1.85 bits per heavy atom. The lowest BCUT2D eigenvalue weighted by Gasteiger charge is -2.28. The lowest BCUT2D eigenvalue weighted by molar-refractivity contribution is 0.301. The third-order valence-corrected chi connectivity index (χ3v) is 6.77. The van der Waals surface area contributed by atoms with Crippen LogP contribution in [0.15, 0.2) is 52.3 Å². The second-order valence-corrected chi connectivity index (χ2v) is 11.5. The van der Waals surface area contributed by atoms with Crippen molar-refractivity contribution in [1.29, 1.82) is 0 Å². The average Bonchev–Trinajstić information content (AvgIpc) is 3.26. The summed E-state index contributed by atoms with van der Waals surface area (Å²) in [6.45, 7) is 7.02. The van der Waals surface area contributed by atoms with E-state index in [9.17, 15) is 4.21 Å². The second kappa shape index (κ2) is 10.4. The van der Waals surface area contributed by atoms with E-state index in [4.69, 9.17) is 37.1 Å². The van der Waals surface area contributed by atoms with Crippen LogP contribution in [-0.2, 0) is 28.0 Å². The minimum absolute atomic E-state index is 0.127. The number of halogens is 2. The molecule has 1 heterocycles. The Morgan fingerprint density at radius 3 is 2.42 bits per heavy atom. The molecule has 0 bridgehead atoms.